The van der Waals surface area contributed by atoms with Crippen LogP contribution in [-0.2, 0) is 13.9 Å². The van der Waals surface area contributed by atoms with Gasteiger partial charge < -0.3 is 19.0 Å². The Balaban J connectivity index is 4.56. The maximum atomic E-state index is 8.99. The van der Waals surface area contributed by atoms with Crippen molar-refractivity contribution in [2.75, 3.05) is 27.1 Å². The summed E-state index contributed by atoms with van der Waals surface area (Å²) in [5.41, 5.74) is -0.395. The highest BCUT2D eigenvalue weighted by molar-refractivity contribution is 6.74. The summed E-state index contributed by atoms with van der Waals surface area (Å²) in [6.07, 6.45) is 1.47. The number of hydrogen-bond donors (Lipinski definition) is 1. The lowest BCUT2D eigenvalue weighted by Crippen LogP contribution is -2.46. The Morgan fingerprint density at radius 2 is 1.68 bits per heavy atom. The highest BCUT2D eigenvalue weighted by Crippen LogP contribution is 2.37. The second kappa shape index (κ2) is 7.74. The van der Waals surface area contributed by atoms with Gasteiger partial charge in [0.2, 0.25) is 0 Å². The molecule has 4 nitrogen and oxygen atoms in total. The van der Waals surface area contributed by atoms with E-state index in [1.54, 1.807) is 7.11 Å². The van der Waals surface area contributed by atoms with Gasteiger partial charge in [-0.05, 0) is 37.9 Å². The van der Waals surface area contributed by atoms with E-state index in [4.69, 9.17) is 19.0 Å². The topological polar surface area (TPSA) is 47.9 Å². The van der Waals surface area contributed by atoms with Gasteiger partial charge in [0.1, 0.15) is 6.79 Å². The molecule has 0 amide bonds. The Bertz CT molecular complexity index is 240. The Morgan fingerprint density at radius 3 is 2.11 bits per heavy atom. The van der Waals surface area contributed by atoms with E-state index in [1.807, 2.05) is 6.92 Å². The summed E-state index contributed by atoms with van der Waals surface area (Å²) in [6.45, 7) is 14.1. The number of aliphatic hydroxyl groups excluding tert-OH is 1. The number of hydrogen-bond acceptors (Lipinski definition) is 4. The molecule has 0 aromatic carbocycles. The van der Waals surface area contributed by atoms with E-state index in [9.17, 15) is 0 Å². The van der Waals surface area contributed by atoms with Crippen LogP contribution in [0, 0.1) is 0 Å². The van der Waals surface area contributed by atoms with Gasteiger partial charge in [-0.2, -0.15) is 0 Å². The molecule has 0 heterocycles. The largest absolute Gasteiger partial charge is 0.414 e. The summed E-state index contributed by atoms with van der Waals surface area (Å²) in [6, 6.07) is 0. The molecule has 116 valence electrons. The van der Waals surface area contributed by atoms with Crippen molar-refractivity contribution in [3.8, 4) is 0 Å². The molecule has 0 bridgehead atoms. The molecule has 0 saturated carbocycles. The van der Waals surface area contributed by atoms with Crippen molar-refractivity contribution in [2.24, 2.45) is 0 Å². The van der Waals surface area contributed by atoms with Crippen LogP contribution < -0.4 is 0 Å². The van der Waals surface area contributed by atoms with Gasteiger partial charge >= 0.3 is 0 Å². The van der Waals surface area contributed by atoms with Crippen molar-refractivity contribution in [3.63, 3.8) is 0 Å². The monoisotopic (exact) mass is 292 g/mol. The van der Waals surface area contributed by atoms with Crippen LogP contribution in [0.15, 0.2) is 0 Å². The van der Waals surface area contributed by atoms with Crippen LogP contribution in [0.2, 0.25) is 18.1 Å². The summed E-state index contributed by atoms with van der Waals surface area (Å²) in [5, 5.41) is 9.18. The van der Waals surface area contributed by atoms with E-state index in [0.717, 1.165) is 6.42 Å². The van der Waals surface area contributed by atoms with Crippen LogP contribution in [0.25, 0.3) is 0 Å². The molecule has 19 heavy (non-hydrogen) atoms. The van der Waals surface area contributed by atoms with Gasteiger partial charge in [0.05, 0.1) is 12.2 Å². The molecular weight excluding hydrogens is 260 g/mol. The van der Waals surface area contributed by atoms with E-state index in [-0.39, 0.29) is 18.4 Å². The minimum Gasteiger partial charge on any atom is -0.414 e. The fourth-order valence-corrected chi connectivity index (χ4v) is 2.49. The summed E-state index contributed by atoms with van der Waals surface area (Å²) >= 11 is 0. The molecule has 0 aromatic heterocycles. The van der Waals surface area contributed by atoms with Crippen molar-refractivity contribution in [2.45, 2.75) is 64.3 Å². The molecule has 0 aliphatic rings. The van der Waals surface area contributed by atoms with E-state index in [1.165, 1.54) is 0 Å². The molecule has 5 heteroatoms. The lowest BCUT2D eigenvalue weighted by Gasteiger charge is -2.40. The first kappa shape index (κ1) is 19.1. The number of aliphatic hydroxyl groups is 1. The van der Waals surface area contributed by atoms with Gasteiger partial charge in [-0.15, -0.1) is 0 Å². The minimum atomic E-state index is -1.78. The van der Waals surface area contributed by atoms with Crippen molar-refractivity contribution < 1.29 is 19.0 Å². The quantitative estimate of drug-likeness (QED) is 0.524. The van der Waals surface area contributed by atoms with E-state index in [0.29, 0.717) is 13.0 Å². The molecule has 0 unspecified atom stereocenters. The van der Waals surface area contributed by atoms with E-state index >= 15 is 0 Å². The average molecular weight is 292 g/mol. The molecule has 0 rings (SSSR count). The van der Waals surface area contributed by atoms with Crippen LogP contribution in [0.4, 0.5) is 0 Å². The van der Waals surface area contributed by atoms with Crippen LogP contribution in [0.1, 0.15) is 40.5 Å². The first-order valence-electron chi connectivity index (χ1n) is 6.96. The second-order valence-corrected chi connectivity index (χ2v) is 11.7. The van der Waals surface area contributed by atoms with E-state index in [2.05, 4.69) is 33.9 Å². The Labute approximate surface area is 119 Å². The van der Waals surface area contributed by atoms with Crippen molar-refractivity contribution in [1.82, 2.24) is 0 Å². The van der Waals surface area contributed by atoms with Crippen LogP contribution in [0.3, 0.4) is 0 Å². The van der Waals surface area contributed by atoms with Crippen molar-refractivity contribution in [1.29, 1.82) is 0 Å². The van der Waals surface area contributed by atoms with Gasteiger partial charge in [-0.25, -0.2) is 0 Å². The maximum absolute atomic E-state index is 8.99. The van der Waals surface area contributed by atoms with Gasteiger partial charge in [0, 0.05) is 13.7 Å². The van der Waals surface area contributed by atoms with Crippen LogP contribution >= 0.6 is 0 Å². The lowest BCUT2D eigenvalue weighted by atomic mass is 10.0. The smallest absolute Gasteiger partial charge is 0.192 e. The van der Waals surface area contributed by atoms with Gasteiger partial charge in [0.25, 0.3) is 0 Å². The second-order valence-electron chi connectivity index (χ2n) is 6.88. The Morgan fingerprint density at radius 1 is 1.11 bits per heavy atom. The predicted molar refractivity (Wildman–Crippen MR) is 80.8 cm³/mol. The van der Waals surface area contributed by atoms with E-state index < -0.39 is 13.9 Å². The zero-order chi connectivity index (χ0) is 15.2. The molecule has 0 aliphatic carbocycles. The molecule has 0 spiro atoms. The zero-order valence-corrected chi connectivity index (χ0v) is 14.7. The first-order chi connectivity index (χ1) is 8.58. The molecule has 0 radical (unpaired) electrons. The van der Waals surface area contributed by atoms with Crippen molar-refractivity contribution >= 4 is 8.32 Å². The minimum absolute atomic E-state index is 0.173. The number of methoxy groups -OCH3 is 1. The average Bonchev–Trinajstić information content (AvgIpc) is 2.30. The SMILES string of the molecule is COCO[C@](C)(CCCO)CO[Si](C)(C)C(C)(C)C. The standard InChI is InChI=1S/C14H32O4Si/c1-13(2,3)19(6,7)18-11-14(4,9-8-10-15)17-12-16-5/h15H,8-12H2,1-7H3/t14-/m1/s1. The number of rotatable bonds is 9. The molecule has 0 saturated heterocycles. The predicted octanol–water partition coefficient (Wildman–Crippen LogP) is 3.16. The molecule has 0 aliphatic heterocycles. The normalized spacial score (nSPS) is 16.4. The first-order valence-corrected chi connectivity index (χ1v) is 9.86. The third kappa shape index (κ3) is 6.86. The van der Waals surface area contributed by atoms with Gasteiger partial charge in [-0.3, -0.25) is 0 Å². The molecule has 0 aromatic rings. The fraction of sp³-hybridized carbons (Fsp3) is 1.00. The summed E-state index contributed by atoms with van der Waals surface area (Å²) in [7, 11) is -0.164. The Kier molecular flexibility index (Phi) is 7.76. The number of ether oxygens (including phenoxy) is 2. The Hall–Kier alpha value is 0.0569. The van der Waals surface area contributed by atoms with Gasteiger partial charge in [-0.1, -0.05) is 20.8 Å². The summed E-state index contributed by atoms with van der Waals surface area (Å²) in [4.78, 5) is 0. The fourth-order valence-electron chi connectivity index (χ4n) is 1.39. The summed E-state index contributed by atoms with van der Waals surface area (Å²) < 4.78 is 17.0. The molecular formula is C14H32O4Si. The molecule has 0 fully saturated rings. The zero-order valence-electron chi connectivity index (χ0n) is 13.7. The third-order valence-electron chi connectivity index (χ3n) is 3.93. The summed E-state index contributed by atoms with van der Waals surface area (Å²) in [5.74, 6) is 0. The third-order valence-corrected chi connectivity index (χ3v) is 8.41. The highest BCUT2D eigenvalue weighted by atomic mass is 28.4. The van der Waals surface area contributed by atoms with Crippen molar-refractivity contribution in [3.05, 3.63) is 0 Å². The molecule has 1 atom stereocenters. The maximum Gasteiger partial charge on any atom is 0.192 e. The molecule has 1 N–H and O–H groups in total. The van der Waals surface area contributed by atoms with Crippen LogP contribution in [-0.4, -0.2) is 46.1 Å². The van der Waals surface area contributed by atoms with Gasteiger partial charge in [0.15, 0.2) is 8.32 Å². The highest BCUT2D eigenvalue weighted by Gasteiger charge is 2.39. The van der Waals surface area contributed by atoms with Crippen LogP contribution in [0.5, 0.6) is 0 Å². The lowest BCUT2D eigenvalue weighted by molar-refractivity contribution is -0.142.